The maximum absolute atomic E-state index is 11.3. The molecule has 29 heavy (non-hydrogen) atoms. The molecular weight excluding hydrogens is 370 g/mol. The first-order valence-electron chi connectivity index (χ1n) is 8.95. The second kappa shape index (κ2) is 9.96. The largest absolute Gasteiger partial charge is 0.485 e. The van der Waals surface area contributed by atoms with E-state index in [1.807, 2.05) is 60.7 Å². The Morgan fingerprint density at radius 2 is 1.41 bits per heavy atom. The van der Waals surface area contributed by atoms with Crippen LogP contribution in [0.3, 0.4) is 0 Å². The van der Waals surface area contributed by atoms with E-state index in [1.54, 1.807) is 18.2 Å². The van der Waals surface area contributed by atoms with Crippen LogP contribution in [0.5, 0.6) is 11.5 Å². The number of nitrogens with two attached hydrogens (primary N) is 1. The number of rotatable bonds is 9. The maximum atomic E-state index is 11.3. The highest BCUT2D eigenvalue weighted by Gasteiger charge is 2.15. The van der Waals surface area contributed by atoms with Crippen molar-refractivity contribution in [3.63, 3.8) is 0 Å². The quantitative estimate of drug-likeness (QED) is 0.323. The molecule has 0 bridgehead atoms. The molecule has 0 unspecified atom stereocenters. The molecule has 0 aromatic heterocycles. The van der Waals surface area contributed by atoms with Gasteiger partial charge in [0.25, 0.3) is 0 Å². The SMILES string of the molecule is NOC(=Cc1cccc(OCc2ccccc2)c1OCc1ccccc1)C(=O)O. The van der Waals surface area contributed by atoms with E-state index in [-0.39, 0.29) is 0 Å². The van der Waals surface area contributed by atoms with Crippen LogP contribution >= 0.6 is 0 Å². The van der Waals surface area contributed by atoms with Crippen LogP contribution in [0.25, 0.3) is 6.08 Å². The molecule has 3 aromatic rings. The van der Waals surface area contributed by atoms with Gasteiger partial charge in [0.1, 0.15) is 13.2 Å². The summed E-state index contributed by atoms with van der Waals surface area (Å²) in [5.74, 6) is 4.29. The van der Waals surface area contributed by atoms with Crippen LogP contribution in [0.1, 0.15) is 16.7 Å². The van der Waals surface area contributed by atoms with Crippen LogP contribution in [0.4, 0.5) is 0 Å². The molecule has 3 rings (SSSR count). The highest BCUT2D eigenvalue weighted by Crippen LogP contribution is 2.34. The number of ether oxygens (including phenoxy) is 2. The Morgan fingerprint density at radius 1 is 0.828 bits per heavy atom. The number of carboxylic acids is 1. The summed E-state index contributed by atoms with van der Waals surface area (Å²) in [4.78, 5) is 15.7. The number of hydrogen-bond donors (Lipinski definition) is 2. The molecule has 0 aliphatic heterocycles. The Balaban J connectivity index is 1.91. The molecule has 6 heteroatoms. The lowest BCUT2D eigenvalue weighted by molar-refractivity contribution is -0.136. The minimum Gasteiger partial charge on any atom is -0.485 e. The number of hydrogen-bond acceptors (Lipinski definition) is 5. The summed E-state index contributed by atoms with van der Waals surface area (Å²) in [7, 11) is 0. The zero-order valence-corrected chi connectivity index (χ0v) is 15.7. The van der Waals surface area contributed by atoms with Gasteiger partial charge >= 0.3 is 5.97 Å². The lowest BCUT2D eigenvalue weighted by atomic mass is 10.1. The van der Waals surface area contributed by atoms with Crippen LogP contribution in [0, 0.1) is 0 Å². The standard InChI is InChI=1S/C23H21NO5/c24-29-21(23(25)26)14-19-12-7-13-20(27-15-17-8-3-1-4-9-17)22(19)28-16-18-10-5-2-6-11-18/h1-14H,15-16,24H2,(H,25,26). The van der Waals surface area contributed by atoms with Gasteiger partial charge in [0.15, 0.2) is 11.5 Å². The van der Waals surface area contributed by atoms with Crippen LogP contribution in [-0.4, -0.2) is 11.1 Å². The van der Waals surface area contributed by atoms with E-state index in [1.165, 1.54) is 6.08 Å². The van der Waals surface area contributed by atoms with Gasteiger partial charge in [0.05, 0.1) is 0 Å². The molecule has 0 amide bonds. The van der Waals surface area contributed by atoms with Crippen molar-refractivity contribution in [1.29, 1.82) is 0 Å². The predicted molar refractivity (Wildman–Crippen MR) is 109 cm³/mol. The van der Waals surface area contributed by atoms with E-state index in [0.717, 1.165) is 11.1 Å². The van der Waals surface area contributed by atoms with E-state index in [4.69, 9.17) is 15.4 Å². The number of carboxylic acid groups (broad SMARTS) is 1. The van der Waals surface area contributed by atoms with Crippen LogP contribution in [-0.2, 0) is 22.8 Å². The van der Waals surface area contributed by atoms with Crippen molar-refractivity contribution in [2.75, 3.05) is 0 Å². The molecular formula is C23H21NO5. The number of para-hydroxylation sites is 1. The third kappa shape index (κ3) is 5.60. The maximum Gasteiger partial charge on any atom is 0.373 e. The number of benzene rings is 3. The van der Waals surface area contributed by atoms with Gasteiger partial charge < -0.3 is 19.4 Å². The molecule has 6 nitrogen and oxygen atoms in total. The predicted octanol–water partition coefficient (Wildman–Crippen LogP) is 4.16. The molecule has 0 aliphatic carbocycles. The highest BCUT2D eigenvalue weighted by molar-refractivity contribution is 5.90. The van der Waals surface area contributed by atoms with Gasteiger partial charge in [-0.15, -0.1) is 0 Å². The third-order valence-electron chi connectivity index (χ3n) is 4.10. The van der Waals surface area contributed by atoms with Crippen molar-refractivity contribution < 1.29 is 24.2 Å². The third-order valence-corrected chi connectivity index (χ3v) is 4.10. The van der Waals surface area contributed by atoms with Gasteiger partial charge in [0, 0.05) is 11.6 Å². The minimum atomic E-state index is -1.28. The lowest BCUT2D eigenvalue weighted by Crippen LogP contribution is -2.09. The molecule has 3 aromatic carbocycles. The van der Waals surface area contributed by atoms with Gasteiger partial charge in [-0.1, -0.05) is 72.8 Å². The first kappa shape index (κ1) is 20.0. The van der Waals surface area contributed by atoms with Gasteiger partial charge in [-0.05, 0) is 17.2 Å². The lowest BCUT2D eigenvalue weighted by Gasteiger charge is -2.16. The average Bonchev–Trinajstić information content (AvgIpc) is 2.76. The second-order valence-corrected chi connectivity index (χ2v) is 6.15. The van der Waals surface area contributed by atoms with Gasteiger partial charge in [-0.3, -0.25) is 0 Å². The Bertz CT molecular complexity index is 971. The molecule has 0 atom stereocenters. The molecule has 3 N–H and O–H groups in total. The Hall–Kier alpha value is -3.77. The summed E-state index contributed by atoms with van der Waals surface area (Å²) in [6, 6.07) is 24.6. The van der Waals surface area contributed by atoms with Crippen LogP contribution < -0.4 is 15.4 Å². The minimum absolute atomic E-state index is 0.291. The molecule has 0 radical (unpaired) electrons. The van der Waals surface area contributed by atoms with Gasteiger partial charge in [-0.25, -0.2) is 4.79 Å². The van der Waals surface area contributed by atoms with Gasteiger partial charge in [0.2, 0.25) is 5.76 Å². The first-order valence-corrected chi connectivity index (χ1v) is 8.95. The van der Waals surface area contributed by atoms with Crippen molar-refractivity contribution in [1.82, 2.24) is 0 Å². The molecule has 0 heterocycles. The molecule has 0 aliphatic rings. The summed E-state index contributed by atoms with van der Waals surface area (Å²) in [5, 5.41) is 9.21. The fourth-order valence-electron chi connectivity index (χ4n) is 2.67. The summed E-state index contributed by atoms with van der Waals surface area (Å²) >= 11 is 0. The Kier molecular flexibility index (Phi) is 6.86. The molecule has 0 fully saturated rings. The van der Waals surface area contributed by atoms with Crippen molar-refractivity contribution in [2.45, 2.75) is 13.2 Å². The van der Waals surface area contributed by atoms with Gasteiger partial charge in [-0.2, -0.15) is 5.90 Å². The van der Waals surface area contributed by atoms with Crippen molar-refractivity contribution in [2.24, 2.45) is 5.90 Å². The highest BCUT2D eigenvalue weighted by atomic mass is 16.6. The van der Waals surface area contributed by atoms with E-state index in [2.05, 4.69) is 4.84 Å². The molecule has 0 spiro atoms. The smallest absolute Gasteiger partial charge is 0.373 e. The first-order chi connectivity index (χ1) is 14.2. The summed E-state index contributed by atoms with van der Waals surface area (Å²) in [5.41, 5.74) is 2.45. The summed E-state index contributed by atoms with van der Waals surface area (Å²) < 4.78 is 12.0. The molecule has 0 saturated heterocycles. The zero-order chi connectivity index (χ0) is 20.5. The van der Waals surface area contributed by atoms with Crippen LogP contribution in [0.15, 0.2) is 84.6 Å². The van der Waals surface area contributed by atoms with Crippen molar-refractivity contribution >= 4 is 12.0 Å². The average molecular weight is 391 g/mol. The number of aliphatic carboxylic acids is 1. The number of carbonyl (C=O) groups is 1. The summed E-state index contributed by atoms with van der Waals surface area (Å²) in [6.07, 6.45) is 1.30. The van der Waals surface area contributed by atoms with Crippen molar-refractivity contribution in [3.05, 3.63) is 101 Å². The Labute approximate surface area is 168 Å². The topological polar surface area (TPSA) is 91.0 Å². The fraction of sp³-hybridized carbons (Fsp3) is 0.0870. The fourth-order valence-corrected chi connectivity index (χ4v) is 2.67. The van der Waals surface area contributed by atoms with E-state index in [9.17, 15) is 9.90 Å². The molecule has 0 saturated carbocycles. The monoisotopic (exact) mass is 391 g/mol. The van der Waals surface area contributed by atoms with E-state index >= 15 is 0 Å². The van der Waals surface area contributed by atoms with Crippen LogP contribution in [0.2, 0.25) is 0 Å². The molecule has 148 valence electrons. The summed E-state index contributed by atoms with van der Waals surface area (Å²) in [6.45, 7) is 0.633. The zero-order valence-electron chi connectivity index (χ0n) is 15.7. The Morgan fingerprint density at radius 3 is 1.97 bits per heavy atom. The van der Waals surface area contributed by atoms with Crippen molar-refractivity contribution in [3.8, 4) is 11.5 Å². The van der Waals surface area contributed by atoms with E-state index < -0.39 is 11.7 Å². The second-order valence-electron chi connectivity index (χ2n) is 6.15. The normalized spacial score (nSPS) is 11.0. The van der Waals surface area contributed by atoms with E-state index in [0.29, 0.717) is 30.3 Å².